The van der Waals surface area contributed by atoms with Gasteiger partial charge in [-0.25, -0.2) is 9.79 Å². The number of carbonyl (C=O) groups is 2. The first-order valence-corrected chi connectivity index (χ1v) is 11.8. The minimum Gasteiger partial charge on any atom is -0.463 e. The lowest BCUT2D eigenvalue weighted by Crippen LogP contribution is -2.31. The predicted molar refractivity (Wildman–Crippen MR) is 136 cm³/mol. The van der Waals surface area contributed by atoms with Crippen LogP contribution in [0.3, 0.4) is 0 Å². The number of nitrogens with one attached hydrogen (secondary N) is 2. The zero-order valence-electron chi connectivity index (χ0n) is 19.0. The van der Waals surface area contributed by atoms with Gasteiger partial charge in [-0.1, -0.05) is 35.5 Å². The summed E-state index contributed by atoms with van der Waals surface area (Å²) in [6.45, 7) is 3.86. The molecule has 2 aromatic rings. The number of hydrogen-bond acceptors (Lipinski definition) is 7. The number of allylic oxidation sites excluding steroid dienone is 1. The van der Waals surface area contributed by atoms with Crippen molar-refractivity contribution >= 4 is 51.8 Å². The van der Waals surface area contributed by atoms with Gasteiger partial charge in [0.05, 0.1) is 17.9 Å². The smallest absolute Gasteiger partial charge is 0.338 e. The van der Waals surface area contributed by atoms with Crippen LogP contribution in [0.4, 0.5) is 11.4 Å². The molecule has 0 aromatic heterocycles. The van der Waals surface area contributed by atoms with E-state index in [1.807, 2.05) is 50.2 Å². The molecule has 2 aromatic carbocycles. The lowest BCUT2D eigenvalue weighted by molar-refractivity contribution is -0.139. The van der Waals surface area contributed by atoms with Gasteiger partial charge in [-0.05, 0) is 55.8 Å². The number of benzene rings is 2. The zero-order valence-corrected chi connectivity index (χ0v) is 20.6. The molecule has 1 atom stereocenters. The van der Waals surface area contributed by atoms with E-state index >= 15 is 0 Å². The molecule has 0 aliphatic carbocycles. The van der Waals surface area contributed by atoms with Crippen LogP contribution in [0.5, 0.6) is 0 Å². The van der Waals surface area contributed by atoms with E-state index in [9.17, 15) is 9.59 Å². The SMILES string of the molecule is CCOC(=O)C1=C(C)NC(SCC(=O)Nc2ccc(Cl)cc2)=N[C@@H]1c1ccc(N(C)C)cc1. The van der Waals surface area contributed by atoms with Crippen molar-refractivity contribution in [1.82, 2.24) is 5.32 Å². The van der Waals surface area contributed by atoms with E-state index in [1.54, 1.807) is 31.2 Å². The number of esters is 1. The monoisotopic (exact) mass is 486 g/mol. The Morgan fingerprint density at radius 1 is 1.15 bits per heavy atom. The van der Waals surface area contributed by atoms with Crippen LogP contribution in [0.2, 0.25) is 5.02 Å². The van der Waals surface area contributed by atoms with Crippen LogP contribution in [0, 0.1) is 0 Å². The molecule has 33 heavy (non-hydrogen) atoms. The zero-order chi connectivity index (χ0) is 24.0. The van der Waals surface area contributed by atoms with Crippen LogP contribution < -0.4 is 15.5 Å². The lowest BCUT2D eigenvalue weighted by Gasteiger charge is -2.26. The second kappa shape index (κ2) is 11.2. The first-order valence-electron chi connectivity index (χ1n) is 10.5. The van der Waals surface area contributed by atoms with Crippen LogP contribution in [0.1, 0.15) is 25.5 Å². The highest BCUT2D eigenvalue weighted by molar-refractivity contribution is 8.14. The molecule has 0 fully saturated rings. The van der Waals surface area contributed by atoms with E-state index in [2.05, 4.69) is 10.6 Å². The van der Waals surface area contributed by atoms with Gasteiger partial charge in [0.1, 0.15) is 6.04 Å². The molecule has 0 saturated heterocycles. The Hall–Kier alpha value is -2.97. The standard InChI is InChI=1S/C24H27ClN4O3S/c1-5-32-23(31)21-15(2)26-24(28-22(21)16-6-12-19(13-7-16)29(3)4)33-14-20(30)27-18-10-8-17(25)9-11-18/h6-13,22H,5,14H2,1-4H3,(H,26,28)(H,27,30)/t22-/m1/s1. The highest BCUT2D eigenvalue weighted by Crippen LogP contribution is 2.33. The van der Waals surface area contributed by atoms with E-state index in [1.165, 1.54) is 11.8 Å². The number of amidine groups is 1. The van der Waals surface area contributed by atoms with Crippen molar-refractivity contribution in [2.75, 3.05) is 36.7 Å². The minimum absolute atomic E-state index is 0.156. The van der Waals surface area contributed by atoms with Crippen LogP contribution in [0.15, 0.2) is 64.8 Å². The number of halogens is 1. The molecule has 1 amide bonds. The molecule has 7 nitrogen and oxygen atoms in total. The number of hydrogen-bond donors (Lipinski definition) is 2. The largest absolute Gasteiger partial charge is 0.463 e. The number of anilines is 2. The van der Waals surface area contributed by atoms with Gasteiger partial charge in [-0.2, -0.15) is 0 Å². The lowest BCUT2D eigenvalue weighted by atomic mass is 9.96. The number of carbonyl (C=O) groups excluding carboxylic acids is 2. The Balaban J connectivity index is 1.78. The molecule has 2 N–H and O–H groups in total. The normalized spacial score (nSPS) is 15.4. The second-order valence-corrected chi connectivity index (χ2v) is 8.95. The second-order valence-electron chi connectivity index (χ2n) is 7.55. The molecule has 0 bridgehead atoms. The summed E-state index contributed by atoms with van der Waals surface area (Å²) in [5, 5.41) is 7.15. The molecule has 9 heteroatoms. The van der Waals surface area contributed by atoms with Gasteiger partial charge in [0, 0.05) is 36.2 Å². The Bertz CT molecular complexity index is 1070. The van der Waals surface area contributed by atoms with Gasteiger partial charge in [-0.15, -0.1) is 0 Å². The third-order valence-corrected chi connectivity index (χ3v) is 6.05. The summed E-state index contributed by atoms with van der Waals surface area (Å²) in [5.74, 6) is -0.419. The van der Waals surface area contributed by atoms with Gasteiger partial charge >= 0.3 is 5.97 Å². The topological polar surface area (TPSA) is 83.0 Å². The van der Waals surface area contributed by atoms with E-state index < -0.39 is 12.0 Å². The van der Waals surface area contributed by atoms with Crippen LogP contribution in [-0.4, -0.2) is 43.5 Å². The average Bonchev–Trinajstić information content (AvgIpc) is 2.79. The van der Waals surface area contributed by atoms with E-state index in [0.29, 0.717) is 27.1 Å². The predicted octanol–water partition coefficient (Wildman–Crippen LogP) is 4.62. The van der Waals surface area contributed by atoms with Gasteiger partial charge in [0.25, 0.3) is 0 Å². The number of ether oxygens (including phenoxy) is 1. The summed E-state index contributed by atoms with van der Waals surface area (Å²) in [6, 6.07) is 14.3. The Morgan fingerprint density at radius 2 is 1.82 bits per heavy atom. The van der Waals surface area contributed by atoms with E-state index in [-0.39, 0.29) is 18.3 Å². The highest BCUT2D eigenvalue weighted by atomic mass is 35.5. The molecule has 174 valence electrons. The molecule has 1 aliphatic heterocycles. The summed E-state index contributed by atoms with van der Waals surface area (Å²) in [5.41, 5.74) is 3.70. The van der Waals surface area contributed by atoms with Crippen molar-refractivity contribution < 1.29 is 14.3 Å². The quantitative estimate of drug-likeness (QED) is 0.556. The van der Waals surface area contributed by atoms with Crippen molar-refractivity contribution in [1.29, 1.82) is 0 Å². The first kappa shape index (κ1) is 24.7. The van der Waals surface area contributed by atoms with Crippen LogP contribution >= 0.6 is 23.4 Å². The summed E-state index contributed by atoms with van der Waals surface area (Å²) in [7, 11) is 3.94. The van der Waals surface area contributed by atoms with Gasteiger partial charge in [0.2, 0.25) is 5.91 Å². The number of nitrogens with zero attached hydrogens (tertiary/aromatic N) is 2. The van der Waals surface area contributed by atoms with Crippen molar-refractivity contribution in [3.8, 4) is 0 Å². The maximum absolute atomic E-state index is 12.7. The molecule has 1 heterocycles. The van der Waals surface area contributed by atoms with Gasteiger partial charge in [-0.3, -0.25) is 4.79 Å². The third-order valence-electron chi connectivity index (χ3n) is 4.91. The average molecular weight is 487 g/mol. The van der Waals surface area contributed by atoms with E-state index in [0.717, 1.165) is 11.3 Å². The van der Waals surface area contributed by atoms with Crippen molar-refractivity contribution in [3.05, 3.63) is 70.4 Å². The fourth-order valence-electron chi connectivity index (χ4n) is 3.25. The molecule has 0 spiro atoms. The number of thioether (sulfide) groups is 1. The molecule has 1 aliphatic rings. The van der Waals surface area contributed by atoms with Crippen molar-refractivity contribution in [3.63, 3.8) is 0 Å². The Labute approximate surface area is 203 Å². The molecule has 0 unspecified atom stereocenters. The molecule has 0 saturated carbocycles. The fourth-order valence-corrected chi connectivity index (χ4v) is 4.13. The number of aliphatic imine (C=N–C) groups is 1. The highest BCUT2D eigenvalue weighted by Gasteiger charge is 2.30. The summed E-state index contributed by atoms with van der Waals surface area (Å²) >= 11 is 7.16. The number of rotatable bonds is 7. The maximum atomic E-state index is 12.7. The molecular formula is C24H27ClN4O3S. The molecule has 0 radical (unpaired) electrons. The third kappa shape index (κ3) is 6.52. The van der Waals surface area contributed by atoms with Gasteiger partial charge in [0.15, 0.2) is 5.17 Å². The minimum atomic E-state index is -0.525. The van der Waals surface area contributed by atoms with Crippen LogP contribution in [-0.2, 0) is 14.3 Å². The van der Waals surface area contributed by atoms with Gasteiger partial charge < -0.3 is 20.3 Å². The molecular weight excluding hydrogens is 460 g/mol. The summed E-state index contributed by atoms with van der Waals surface area (Å²) in [6.07, 6.45) is 0. The summed E-state index contributed by atoms with van der Waals surface area (Å²) in [4.78, 5) is 31.8. The van der Waals surface area contributed by atoms with Crippen molar-refractivity contribution in [2.45, 2.75) is 19.9 Å². The first-order chi connectivity index (χ1) is 15.8. The Morgan fingerprint density at radius 3 is 2.42 bits per heavy atom. The van der Waals surface area contributed by atoms with E-state index in [4.69, 9.17) is 21.3 Å². The fraction of sp³-hybridized carbons (Fsp3) is 0.292. The van der Waals surface area contributed by atoms with Crippen LogP contribution in [0.25, 0.3) is 0 Å². The Kier molecular flexibility index (Phi) is 8.41. The van der Waals surface area contributed by atoms with Crippen molar-refractivity contribution in [2.24, 2.45) is 4.99 Å². The number of amides is 1. The molecule has 3 rings (SSSR count). The summed E-state index contributed by atoms with van der Waals surface area (Å²) < 4.78 is 5.28. The maximum Gasteiger partial charge on any atom is 0.338 e.